The Balaban J connectivity index is 4.22. The normalized spacial score (nSPS) is 19.9. The second-order valence-electron chi connectivity index (χ2n) is 2.92. The SMILES string of the molecule is O=C[C@H](O)[C@@H](O)[C@H](O)[C@H](O)COP(=O)([O-])[O-]. The average Bonchev–Trinajstić information content (AvgIpc) is 2.21. The van der Waals surface area contributed by atoms with Gasteiger partial charge in [0.15, 0.2) is 6.29 Å². The molecule has 0 heterocycles. The van der Waals surface area contributed by atoms with Crippen LogP contribution in [-0.4, -0.2) is 57.7 Å². The third-order valence-electron chi connectivity index (χ3n) is 1.64. The summed E-state index contributed by atoms with van der Waals surface area (Å²) >= 11 is 0. The number of rotatable bonds is 7. The van der Waals surface area contributed by atoms with Crippen molar-refractivity contribution >= 4 is 14.1 Å². The van der Waals surface area contributed by atoms with Crippen molar-refractivity contribution in [3.63, 3.8) is 0 Å². The van der Waals surface area contributed by atoms with Crippen LogP contribution in [0.15, 0.2) is 0 Å². The Morgan fingerprint density at radius 1 is 1.19 bits per heavy atom. The van der Waals surface area contributed by atoms with Crippen molar-refractivity contribution in [2.24, 2.45) is 0 Å². The minimum absolute atomic E-state index is 0.0897. The van der Waals surface area contributed by atoms with Crippen molar-refractivity contribution in [1.82, 2.24) is 0 Å². The fourth-order valence-electron chi connectivity index (χ4n) is 0.776. The van der Waals surface area contributed by atoms with Crippen molar-refractivity contribution in [3.8, 4) is 0 Å². The topological polar surface area (TPSA) is 170 Å². The standard InChI is InChI=1S/C6H13O9P/c7-1-3(8)5(10)6(11)4(9)2-15-16(12,13)14/h1,3-6,8-11H,2H2,(H2,12,13,14)/p-2/t3-,4+,5+,6+/m0/s1. The van der Waals surface area contributed by atoms with E-state index >= 15 is 0 Å². The van der Waals surface area contributed by atoms with Crippen molar-refractivity contribution in [2.45, 2.75) is 24.4 Å². The zero-order valence-corrected chi connectivity index (χ0v) is 8.77. The monoisotopic (exact) mass is 258 g/mol. The molecule has 0 bridgehead atoms. The first-order valence-corrected chi connectivity index (χ1v) is 5.49. The van der Waals surface area contributed by atoms with Crippen molar-refractivity contribution < 1.29 is 44.1 Å². The number of carbonyl (C=O) groups is 1. The van der Waals surface area contributed by atoms with Gasteiger partial charge in [-0.2, -0.15) is 0 Å². The van der Waals surface area contributed by atoms with Gasteiger partial charge in [-0.1, -0.05) is 0 Å². The number of carbonyl (C=O) groups excluding carboxylic acids is 1. The average molecular weight is 258 g/mol. The van der Waals surface area contributed by atoms with Gasteiger partial charge in [-0.05, 0) is 0 Å². The summed E-state index contributed by atoms with van der Waals surface area (Å²) in [5.41, 5.74) is 0. The molecule has 9 nitrogen and oxygen atoms in total. The summed E-state index contributed by atoms with van der Waals surface area (Å²) in [6, 6.07) is 0. The highest BCUT2D eigenvalue weighted by Crippen LogP contribution is 2.24. The summed E-state index contributed by atoms with van der Waals surface area (Å²) in [4.78, 5) is 30.0. The number of phosphoric acid groups is 1. The second-order valence-corrected chi connectivity index (χ2v) is 4.07. The quantitative estimate of drug-likeness (QED) is 0.259. The molecule has 0 unspecified atom stereocenters. The maximum Gasteiger partial charge on any atom is 0.151 e. The van der Waals surface area contributed by atoms with Crippen molar-refractivity contribution in [3.05, 3.63) is 0 Å². The Labute approximate surface area is 90.2 Å². The summed E-state index contributed by atoms with van der Waals surface area (Å²) in [6.07, 6.45) is -8.04. The lowest BCUT2D eigenvalue weighted by Gasteiger charge is -2.31. The first kappa shape index (κ1) is 15.6. The molecular weight excluding hydrogens is 247 g/mol. The van der Waals surface area contributed by atoms with Crippen LogP contribution in [-0.2, 0) is 13.9 Å². The van der Waals surface area contributed by atoms with Gasteiger partial charge in [0.2, 0.25) is 0 Å². The molecule has 0 spiro atoms. The molecule has 0 saturated heterocycles. The minimum Gasteiger partial charge on any atom is -0.790 e. The second kappa shape index (κ2) is 6.38. The van der Waals surface area contributed by atoms with Crippen LogP contribution < -0.4 is 9.79 Å². The molecule has 0 amide bonds. The first-order chi connectivity index (χ1) is 7.19. The van der Waals surface area contributed by atoms with E-state index in [2.05, 4.69) is 4.52 Å². The molecule has 0 saturated carbocycles. The van der Waals surface area contributed by atoms with Gasteiger partial charge < -0.3 is 44.1 Å². The highest BCUT2D eigenvalue weighted by Gasteiger charge is 2.30. The third kappa shape index (κ3) is 5.64. The van der Waals surface area contributed by atoms with E-state index in [-0.39, 0.29) is 6.29 Å². The molecule has 0 rings (SSSR count). The van der Waals surface area contributed by atoms with E-state index in [4.69, 9.17) is 20.4 Å². The number of phosphoric ester groups is 1. The van der Waals surface area contributed by atoms with Crippen LogP contribution >= 0.6 is 7.82 Å². The van der Waals surface area contributed by atoms with Crippen molar-refractivity contribution in [1.29, 1.82) is 0 Å². The van der Waals surface area contributed by atoms with Gasteiger partial charge >= 0.3 is 0 Å². The highest BCUT2D eigenvalue weighted by atomic mass is 31.2. The van der Waals surface area contributed by atoms with Crippen LogP contribution in [0.4, 0.5) is 0 Å². The summed E-state index contributed by atoms with van der Waals surface area (Å²) in [5, 5.41) is 35.9. The fraction of sp³-hybridized carbons (Fsp3) is 0.833. The number of hydrogen-bond acceptors (Lipinski definition) is 9. The molecule has 0 aliphatic carbocycles. The van der Waals surface area contributed by atoms with Crippen LogP contribution in [0.2, 0.25) is 0 Å². The van der Waals surface area contributed by atoms with Gasteiger partial charge in [-0.25, -0.2) is 0 Å². The summed E-state index contributed by atoms with van der Waals surface area (Å²) < 4.78 is 13.6. The predicted octanol–water partition coefficient (Wildman–Crippen LogP) is -4.53. The lowest BCUT2D eigenvalue weighted by atomic mass is 10.0. The molecule has 16 heavy (non-hydrogen) atoms. The Morgan fingerprint density at radius 2 is 1.69 bits per heavy atom. The molecule has 0 fully saturated rings. The fourth-order valence-corrected chi connectivity index (χ4v) is 1.11. The van der Waals surface area contributed by atoms with E-state index < -0.39 is 38.8 Å². The molecule has 0 aromatic rings. The summed E-state index contributed by atoms with van der Waals surface area (Å²) in [5.74, 6) is 0. The van der Waals surface area contributed by atoms with E-state index in [0.29, 0.717) is 0 Å². The number of aliphatic hydroxyl groups is 4. The lowest BCUT2D eigenvalue weighted by molar-refractivity contribution is -0.343. The third-order valence-corrected chi connectivity index (χ3v) is 2.10. The number of aldehydes is 1. The Kier molecular flexibility index (Phi) is 6.23. The van der Waals surface area contributed by atoms with Gasteiger partial charge in [-0.3, -0.25) is 0 Å². The molecule has 0 aromatic heterocycles. The Bertz CT molecular complexity index is 263. The lowest BCUT2D eigenvalue weighted by Crippen LogP contribution is -2.46. The van der Waals surface area contributed by atoms with Gasteiger partial charge in [0.25, 0.3) is 0 Å². The molecule has 0 aliphatic heterocycles. The highest BCUT2D eigenvalue weighted by molar-refractivity contribution is 7.43. The van der Waals surface area contributed by atoms with Crippen molar-refractivity contribution in [2.75, 3.05) is 6.61 Å². The van der Waals surface area contributed by atoms with E-state index in [9.17, 15) is 19.1 Å². The van der Waals surface area contributed by atoms with E-state index in [0.717, 1.165) is 0 Å². The van der Waals surface area contributed by atoms with Gasteiger partial charge in [-0.15, -0.1) is 0 Å². The molecule has 0 aliphatic rings. The zero-order valence-electron chi connectivity index (χ0n) is 7.87. The smallest absolute Gasteiger partial charge is 0.151 e. The van der Waals surface area contributed by atoms with Gasteiger partial charge in [0.1, 0.15) is 24.4 Å². The molecule has 0 radical (unpaired) electrons. The molecule has 4 N–H and O–H groups in total. The van der Waals surface area contributed by atoms with E-state index in [1.165, 1.54) is 0 Å². The molecular formula is C6H11O9P-2. The van der Waals surface area contributed by atoms with Crippen LogP contribution in [0.5, 0.6) is 0 Å². The van der Waals surface area contributed by atoms with Gasteiger partial charge in [0, 0.05) is 0 Å². The summed E-state index contributed by atoms with van der Waals surface area (Å²) in [7, 11) is -5.30. The predicted molar refractivity (Wildman–Crippen MR) is 43.6 cm³/mol. The first-order valence-electron chi connectivity index (χ1n) is 4.03. The Hall–Kier alpha value is -0.380. The summed E-state index contributed by atoms with van der Waals surface area (Å²) in [6.45, 7) is -1.09. The maximum absolute atomic E-state index is 10.0. The molecule has 0 aromatic carbocycles. The largest absolute Gasteiger partial charge is 0.790 e. The number of hydrogen-bond donors (Lipinski definition) is 4. The Morgan fingerprint density at radius 3 is 2.06 bits per heavy atom. The maximum atomic E-state index is 10.0. The number of aliphatic hydroxyl groups excluding tert-OH is 4. The molecule has 96 valence electrons. The van der Waals surface area contributed by atoms with Crippen LogP contribution in [0.1, 0.15) is 0 Å². The van der Waals surface area contributed by atoms with Gasteiger partial charge in [0.05, 0.1) is 14.4 Å². The van der Waals surface area contributed by atoms with Crippen LogP contribution in [0.3, 0.4) is 0 Å². The van der Waals surface area contributed by atoms with Crippen LogP contribution in [0, 0.1) is 0 Å². The molecule has 10 heteroatoms. The minimum atomic E-state index is -5.30. The van der Waals surface area contributed by atoms with Crippen LogP contribution in [0.25, 0.3) is 0 Å². The van der Waals surface area contributed by atoms with E-state index in [1.807, 2.05) is 0 Å². The molecule has 4 atom stereocenters. The van der Waals surface area contributed by atoms with E-state index in [1.54, 1.807) is 0 Å². The zero-order chi connectivity index (χ0) is 12.9.